The van der Waals surface area contributed by atoms with Crippen LogP contribution in [-0.4, -0.2) is 56.5 Å². The molecule has 0 amide bonds. The minimum atomic E-state index is -3.44. The third-order valence-corrected chi connectivity index (χ3v) is 7.96. The normalized spacial score (nSPS) is 16.4. The molecule has 0 saturated carbocycles. The third kappa shape index (κ3) is 8.64. The van der Waals surface area contributed by atoms with E-state index >= 15 is 0 Å². The molecule has 0 bridgehead atoms. The van der Waals surface area contributed by atoms with Crippen molar-refractivity contribution in [3.63, 3.8) is 0 Å². The number of sulfonamides is 1. The number of ether oxygens (including phenoxy) is 3. The van der Waals surface area contributed by atoms with E-state index in [9.17, 15) is 18.0 Å². The monoisotopic (exact) mass is 545 g/mol. The third-order valence-electron chi connectivity index (χ3n) is 5.50. The highest BCUT2D eigenvalue weighted by Crippen LogP contribution is 2.42. The summed E-state index contributed by atoms with van der Waals surface area (Å²) in [5.74, 6) is 0.153. The van der Waals surface area contributed by atoms with Gasteiger partial charge in [0.25, 0.3) is 0 Å². The summed E-state index contributed by atoms with van der Waals surface area (Å²) in [6.45, 7) is 7.79. The highest BCUT2D eigenvalue weighted by molar-refractivity contribution is 8.22. The zero-order valence-electron chi connectivity index (χ0n) is 21.2. The summed E-state index contributed by atoms with van der Waals surface area (Å²) in [5.41, 5.74) is 0.179. The molecule has 0 N–H and O–H groups in total. The van der Waals surface area contributed by atoms with Gasteiger partial charge in [0.2, 0.25) is 14.4 Å². The van der Waals surface area contributed by atoms with E-state index in [1.807, 2.05) is 13.0 Å². The van der Waals surface area contributed by atoms with Crippen LogP contribution in [0.25, 0.3) is 0 Å². The number of hydrogen-bond acceptors (Lipinski definition) is 9. The second-order valence-corrected chi connectivity index (χ2v) is 13.1. The number of ketones is 1. The number of methoxy groups -OCH3 is 1. The summed E-state index contributed by atoms with van der Waals surface area (Å²) >= 11 is 6.30. The minimum Gasteiger partial charge on any atom is -0.497 e. The van der Waals surface area contributed by atoms with Crippen molar-refractivity contribution >= 4 is 55.8 Å². The Labute approximate surface area is 218 Å². The van der Waals surface area contributed by atoms with Crippen molar-refractivity contribution in [3.8, 4) is 5.75 Å². The first-order valence-electron chi connectivity index (χ1n) is 11.5. The van der Waals surface area contributed by atoms with Crippen LogP contribution >= 0.6 is 24.0 Å². The smallest absolute Gasteiger partial charge is 0.312 e. The highest BCUT2D eigenvalue weighted by Gasteiger charge is 2.34. The standard InChI is InChI=1S/C24H35NO7S3/c1-7-31-23(33)34-21(32-22(27)24(2,3)4)13-10-17(26)9-8-16-15-25(35(6,28)29)20-12-11-18(30-5)14-19(16)20/h11-12,14,16,21H,7-10,13,15H2,1-6H3. The summed E-state index contributed by atoms with van der Waals surface area (Å²) in [6.07, 6.45) is 2.47. The van der Waals surface area contributed by atoms with Gasteiger partial charge in [0.05, 0.1) is 31.1 Å². The Balaban J connectivity index is 2.02. The van der Waals surface area contributed by atoms with Gasteiger partial charge in [-0.05, 0) is 81.9 Å². The molecule has 0 aliphatic carbocycles. The fourth-order valence-electron chi connectivity index (χ4n) is 3.61. The lowest BCUT2D eigenvalue weighted by atomic mass is 9.94. The second kappa shape index (κ2) is 12.4. The molecule has 11 heteroatoms. The van der Waals surface area contributed by atoms with Crippen molar-refractivity contribution in [1.29, 1.82) is 0 Å². The molecular weight excluding hydrogens is 510 g/mol. The Hall–Kier alpha value is -1.85. The van der Waals surface area contributed by atoms with E-state index in [-0.39, 0.29) is 34.9 Å². The van der Waals surface area contributed by atoms with Crippen LogP contribution in [0.4, 0.5) is 5.69 Å². The molecule has 1 aliphatic heterocycles. The zero-order chi connectivity index (χ0) is 26.4. The predicted octanol–water partition coefficient (Wildman–Crippen LogP) is 4.66. The molecule has 0 fully saturated rings. The number of Topliss-reactive ketones (excluding diaryl/α,β-unsaturated/α-hetero) is 1. The van der Waals surface area contributed by atoms with E-state index in [4.69, 9.17) is 26.4 Å². The van der Waals surface area contributed by atoms with Gasteiger partial charge in [-0.2, -0.15) is 0 Å². The van der Waals surface area contributed by atoms with E-state index in [0.717, 1.165) is 17.3 Å². The molecular formula is C24H35NO7S3. The lowest BCUT2D eigenvalue weighted by Gasteiger charge is -2.23. The van der Waals surface area contributed by atoms with Crippen LogP contribution in [0.2, 0.25) is 0 Å². The summed E-state index contributed by atoms with van der Waals surface area (Å²) < 4.78 is 42.4. The van der Waals surface area contributed by atoms with Crippen LogP contribution in [0.1, 0.15) is 64.9 Å². The fraction of sp³-hybridized carbons (Fsp3) is 0.625. The summed E-state index contributed by atoms with van der Waals surface area (Å²) in [7, 11) is -1.88. The predicted molar refractivity (Wildman–Crippen MR) is 143 cm³/mol. The average molecular weight is 546 g/mol. The van der Waals surface area contributed by atoms with Crippen molar-refractivity contribution < 1.29 is 32.2 Å². The summed E-state index contributed by atoms with van der Waals surface area (Å²) in [5, 5.41) is 0. The molecule has 2 atom stereocenters. The van der Waals surface area contributed by atoms with Crippen molar-refractivity contribution in [3.05, 3.63) is 23.8 Å². The first-order valence-corrected chi connectivity index (χ1v) is 14.6. The molecule has 2 rings (SSSR count). The Morgan fingerprint density at radius 3 is 2.51 bits per heavy atom. The highest BCUT2D eigenvalue weighted by atomic mass is 32.2. The van der Waals surface area contributed by atoms with Crippen LogP contribution in [0.15, 0.2) is 18.2 Å². The number of thioether (sulfide) groups is 1. The van der Waals surface area contributed by atoms with Gasteiger partial charge in [0.15, 0.2) is 5.44 Å². The molecule has 0 radical (unpaired) electrons. The molecule has 0 saturated heterocycles. The molecule has 1 heterocycles. The SMILES string of the molecule is CCOC(=S)SC(CCC(=O)CCC1CN(S(C)(=O)=O)c2ccc(OC)cc21)OC(=O)C(C)(C)C. The van der Waals surface area contributed by atoms with Gasteiger partial charge in [0.1, 0.15) is 11.5 Å². The Morgan fingerprint density at radius 1 is 1.26 bits per heavy atom. The van der Waals surface area contributed by atoms with Crippen molar-refractivity contribution in [1.82, 2.24) is 0 Å². The van der Waals surface area contributed by atoms with Crippen molar-refractivity contribution in [2.45, 2.75) is 64.7 Å². The number of benzene rings is 1. The first-order chi connectivity index (χ1) is 16.3. The second-order valence-electron chi connectivity index (χ2n) is 9.42. The number of thiocarbonyl (C=S) groups is 1. The van der Waals surface area contributed by atoms with Crippen LogP contribution in [0, 0.1) is 5.41 Å². The average Bonchev–Trinajstić information content (AvgIpc) is 3.13. The van der Waals surface area contributed by atoms with Gasteiger partial charge < -0.3 is 14.2 Å². The summed E-state index contributed by atoms with van der Waals surface area (Å²) in [6, 6.07) is 5.31. The number of fused-ring (bicyclic) bond motifs is 1. The molecule has 2 unspecified atom stereocenters. The van der Waals surface area contributed by atoms with Gasteiger partial charge in [-0.3, -0.25) is 13.9 Å². The van der Waals surface area contributed by atoms with Gasteiger partial charge in [-0.25, -0.2) is 8.42 Å². The number of hydrogen-bond donors (Lipinski definition) is 0. The van der Waals surface area contributed by atoms with Crippen LogP contribution in [-0.2, 0) is 29.1 Å². The molecule has 196 valence electrons. The largest absolute Gasteiger partial charge is 0.497 e. The molecule has 1 aromatic rings. The lowest BCUT2D eigenvalue weighted by molar-refractivity contribution is -0.154. The van der Waals surface area contributed by atoms with Crippen LogP contribution in [0.5, 0.6) is 5.75 Å². The number of carbonyl (C=O) groups is 2. The number of carbonyl (C=O) groups excluding carboxylic acids is 2. The van der Waals surface area contributed by atoms with Crippen LogP contribution < -0.4 is 9.04 Å². The zero-order valence-corrected chi connectivity index (χ0v) is 23.6. The number of rotatable bonds is 11. The van der Waals surface area contributed by atoms with Crippen molar-refractivity contribution in [2.24, 2.45) is 5.41 Å². The topological polar surface area (TPSA) is 99.2 Å². The number of anilines is 1. The fourth-order valence-corrected chi connectivity index (χ4v) is 5.79. The maximum Gasteiger partial charge on any atom is 0.312 e. The quantitative estimate of drug-likeness (QED) is 0.223. The van der Waals surface area contributed by atoms with Crippen LogP contribution in [0.3, 0.4) is 0 Å². The van der Waals surface area contributed by atoms with Gasteiger partial charge >= 0.3 is 5.97 Å². The Bertz CT molecular complexity index is 1030. The Kier molecular flexibility index (Phi) is 10.4. The first kappa shape index (κ1) is 29.4. The number of nitrogens with zero attached hydrogens (tertiary/aromatic N) is 1. The van der Waals surface area contributed by atoms with E-state index in [0.29, 0.717) is 37.4 Å². The Morgan fingerprint density at radius 2 is 1.94 bits per heavy atom. The minimum absolute atomic E-state index is 0.00647. The molecule has 0 aromatic heterocycles. The summed E-state index contributed by atoms with van der Waals surface area (Å²) in [4.78, 5) is 25.1. The maximum absolute atomic E-state index is 12.7. The van der Waals surface area contributed by atoms with Gasteiger partial charge in [-0.1, -0.05) is 0 Å². The van der Waals surface area contributed by atoms with Crippen molar-refractivity contribution in [2.75, 3.05) is 30.8 Å². The van der Waals surface area contributed by atoms with Gasteiger partial charge in [0, 0.05) is 31.7 Å². The number of esters is 1. The maximum atomic E-state index is 12.7. The van der Waals surface area contributed by atoms with E-state index in [1.165, 1.54) is 10.6 Å². The molecule has 35 heavy (non-hydrogen) atoms. The lowest BCUT2D eigenvalue weighted by Crippen LogP contribution is -2.28. The van der Waals surface area contributed by atoms with E-state index in [1.54, 1.807) is 40.0 Å². The molecule has 1 aliphatic rings. The molecule has 8 nitrogen and oxygen atoms in total. The van der Waals surface area contributed by atoms with E-state index in [2.05, 4.69) is 0 Å². The van der Waals surface area contributed by atoms with E-state index < -0.39 is 20.9 Å². The van der Waals surface area contributed by atoms with Gasteiger partial charge in [-0.15, -0.1) is 0 Å². The molecule has 1 aromatic carbocycles. The molecule has 0 spiro atoms.